The van der Waals surface area contributed by atoms with Crippen molar-refractivity contribution in [2.75, 3.05) is 38.5 Å². The number of rotatable bonds is 9. The summed E-state index contributed by atoms with van der Waals surface area (Å²) in [4.78, 5) is 17.5. The first-order valence-corrected chi connectivity index (χ1v) is 14.8. The Morgan fingerprint density at radius 1 is 1.03 bits per heavy atom. The molecule has 2 aliphatic rings. The van der Waals surface area contributed by atoms with Crippen molar-refractivity contribution in [2.45, 2.75) is 44.4 Å². The molecule has 0 aliphatic carbocycles. The fourth-order valence-electron chi connectivity index (χ4n) is 5.85. The van der Waals surface area contributed by atoms with Crippen molar-refractivity contribution in [3.8, 4) is 11.1 Å². The van der Waals surface area contributed by atoms with Gasteiger partial charge in [-0.1, -0.05) is 12.1 Å². The van der Waals surface area contributed by atoms with E-state index in [1.54, 1.807) is 16.4 Å². The third-order valence-corrected chi connectivity index (χ3v) is 9.76. The molecule has 0 atom stereocenters. The third-order valence-electron chi connectivity index (χ3n) is 7.81. The van der Waals surface area contributed by atoms with Gasteiger partial charge in [-0.15, -0.1) is 0 Å². The van der Waals surface area contributed by atoms with Crippen LogP contribution in [0.3, 0.4) is 0 Å². The van der Waals surface area contributed by atoms with Crippen molar-refractivity contribution >= 4 is 26.8 Å². The lowest BCUT2D eigenvalue weighted by atomic mass is 9.88. The largest absolute Gasteiger partial charge is 0.369 e. The van der Waals surface area contributed by atoms with E-state index >= 15 is 0 Å². The van der Waals surface area contributed by atoms with Gasteiger partial charge in [-0.05, 0) is 104 Å². The Bertz CT molecular complexity index is 1360. The molecule has 1 aromatic heterocycles. The van der Waals surface area contributed by atoms with Crippen LogP contribution in [0.25, 0.3) is 22.0 Å². The summed E-state index contributed by atoms with van der Waals surface area (Å²) >= 11 is 0. The number of fused-ring (bicyclic) bond motifs is 1. The summed E-state index contributed by atoms with van der Waals surface area (Å²) in [5.74, 6) is -0.312. The molecule has 0 radical (unpaired) electrons. The van der Waals surface area contributed by atoms with Gasteiger partial charge < -0.3 is 15.6 Å². The number of aromatic amines is 1. The van der Waals surface area contributed by atoms with Crippen LogP contribution < -0.4 is 5.73 Å². The van der Waals surface area contributed by atoms with Crippen molar-refractivity contribution in [1.82, 2.24) is 14.2 Å². The average molecular weight is 527 g/mol. The molecule has 3 aromatic rings. The van der Waals surface area contributed by atoms with E-state index in [0.717, 1.165) is 65.6 Å². The van der Waals surface area contributed by atoms with Crippen LogP contribution >= 0.6 is 0 Å². The zero-order valence-electron chi connectivity index (χ0n) is 21.1. The number of hydrogen-bond acceptors (Lipinski definition) is 4. The van der Waals surface area contributed by atoms with Crippen LogP contribution in [0.15, 0.2) is 42.6 Å². The van der Waals surface area contributed by atoms with E-state index < -0.39 is 15.9 Å². The molecule has 7 nitrogen and oxygen atoms in total. The summed E-state index contributed by atoms with van der Waals surface area (Å²) in [7, 11) is -3.26. The van der Waals surface area contributed by atoms with Gasteiger partial charge in [0.25, 0.3) is 0 Å². The van der Waals surface area contributed by atoms with Crippen LogP contribution in [0.1, 0.15) is 49.1 Å². The molecular formula is C28H35FN4O3S. The first-order valence-electron chi connectivity index (χ1n) is 13.2. The highest BCUT2D eigenvalue weighted by Crippen LogP contribution is 2.37. The van der Waals surface area contributed by atoms with E-state index in [-0.39, 0.29) is 23.9 Å². The smallest absolute Gasteiger partial charge is 0.221 e. The number of aromatic nitrogens is 1. The first-order chi connectivity index (χ1) is 17.8. The lowest BCUT2D eigenvalue weighted by Crippen LogP contribution is -2.39. The van der Waals surface area contributed by atoms with Crippen molar-refractivity contribution < 1.29 is 17.6 Å². The van der Waals surface area contributed by atoms with E-state index in [4.69, 9.17) is 5.73 Å². The van der Waals surface area contributed by atoms with Crippen LogP contribution in [-0.4, -0.2) is 67.0 Å². The molecule has 1 amide bonds. The quantitative estimate of drug-likeness (QED) is 0.440. The minimum atomic E-state index is -3.26. The van der Waals surface area contributed by atoms with Gasteiger partial charge in [-0.25, -0.2) is 17.1 Å². The van der Waals surface area contributed by atoms with E-state index in [1.807, 2.05) is 12.3 Å². The molecule has 0 spiro atoms. The van der Waals surface area contributed by atoms with Gasteiger partial charge in [-0.2, -0.15) is 0 Å². The van der Waals surface area contributed by atoms with Crippen molar-refractivity contribution in [3.05, 3.63) is 59.5 Å². The van der Waals surface area contributed by atoms with E-state index in [1.165, 1.54) is 25.0 Å². The summed E-state index contributed by atoms with van der Waals surface area (Å²) < 4.78 is 41.1. The number of primary amides is 1. The second-order valence-electron chi connectivity index (χ2n) is 10.3. The molecule has 3 N–H and O–H groups in total. The molecule has 2 aromatic carbocycles. The maximum atomic E-state index is 13.5. The number of nitrogens with one attached hydrogen (secondary N) is 1. The topological polar surface area (TPSA) is 99.5 Å². The Labute approximate surface area is 217 Å². The molecule has 2 aliphatic heterocycles. The number of hydrogen-bond donors (Lipinski definition) is 2. The molecule has 9 heteroatoms. The molecule has 37 heavy (non-hydrogen) atoms. The predicted octanol–water partition coefficient (Wildman–Crippen LogP) is 4.00. The molecule has 2 fully saturated rings. The zero-order chi connectivity index (χ0) is 26.0. The normalized spacial score (nSPS) is 18.1. The Morgan fingerprint density at radius 2 is 1.73 bits per heavy atom. The van der Waals surface area contributed by atoms with E-state index in [9.17, 15) is 17.6 Å². The number of carbonyl (C=O) groups is 1. The monoisotopic (exact) mass is 526 g/mol. The number of H-pyrrole nitrogens is 1. The van der Waals surface area contributed by atoms with Gasteiger partial charge in [0, 0.05) is 30.2 Å². The van der Waals surface area contributed by atoms with Crippen LogP contribution in [0.5, 0.6) is 0 Å². The minimum absolute atomic E-state index is 0.0968. The molecule has 3 heterocycles. The highest BCUT2D eigenvalue weighted by atomic mass is 32.2. The predicted molar refractivity (Wildman–Crippen MR) is 144 cm³/mol. The number of carbonyl (C=O) groups excluding carboxylic acids is 1. The molecule has 0 unspecified atom stereocenters. The van der Waals surface area contributed by atoms with Gasteiger partial charge in [0.05, 0.1) is 12.2 Å². The highest BCUT2D eigenvalue weighted by molar-refractivity contribution is 7.89. The lowest BCUT2D eigenvalue weighted by molar-refractivity contribution is -0.117. The number of piperidine rings is 1. The maximum absolute atomic E-state index is 13.5. The second kappa shape index (κ2) is 10.9. The molecule has 5 rings (SSSR count). The third kappa shape index (κ3) is 5.89. The van der Waals surface area contributed by atoms with Gasteiger partial charge in [-0.3, -0.25) is 4.79 Å². The van der Waals surface area contributed by atoms with Crippen LogP contribution in [0, 0.1) is 5.82 Å². The van der Waals surface area contributed by atoms with Crippen LogP contribution in [0.2, 0.25) is 0 Å². The summed E-state index contributed by atoms with van der Waals surface area (Å²) in [6, 6.07) is 10.3. The zero-order valence-corrected chi connectivity index (χ0v) is 21.9. The van der Waals surface area contributed by atoms with Crippen molar-refractivity contribution in [1.29, 1.82) is 0 Å². The van der Waals surface area contributed by atoms with Crippen molar-refractivity contribution in [3.63, 3.8) is 0 Å². The number of halogens is 1. The summed E-state index contributed by atoms with van der Waals surface area (Å²) in [5, 5.41) is 1.00. The molecule has 2 saturated heterocycles. The minimum Gasteiger partial charge on any atom is -0.369 e. The maximum Gasteiger partial charge on any atom is 0.221 e. The first kappa shape index (κ1) is 25.9. The number of amides is 1. The Morgan fingerprint density at radius 3 is 2.41 bits per heavy atom. The summed E-state index contributed by atoms with van der Waals surface area (Å²) in [6.45, 7) is 4.04. The van der Waals surface area contributed by atoms with Gasteiger partial charge in [0.2, 0.25) is 15.9 Å². The SMILES string of the molecule is NC(=O)Cc1cc(-c2ccc(F)cc2)cc2c(C3CCN(S(=O)(=O)CCCN4CCCC4)CC3)c[nH]c12. The average Bonchev–Trinajstić information content (AvgIpc) is 3.54. The fourth-order valence-corrected chi connectivity index (χ4v) is 7.37. The molecule has 198 valence electrons. The van der Waals surface area contributed by atoms with E-state index in [2.05, 4.69) is 16.0 Å². The lowest BCUT2D eigenvalue weighted by Gasteiger charge is -2.31. The summed E-state index contributed by atoms with van der Waals surface area (Å²) in [6.07, 6.45) is 6.66. The number of nitrogens with zero attached hydrogens (tertiary/aromatic N) is 2. The van der Waals surface area contributed by atoms with Crippen molar-refractivity contribution in [2.24, 2.45) is 5.73 Å². The van der Waals surface area contributed by atoms with Gasteiger partial charge >= 0.3 is 0 Å². The number of benzene rings is 2. The second-order valence-corrected chi connectivity index (χ2v) is 12.4. The van der Waals surface area contributed by atoms with Gasteiger partial charge in [0.15, 0.2) is 0 Å². The highest BCUT2D eigenvalue weighted by Gasteiger charge is 2.30. The van der Waals surface area contributed by atoms with Crippen LogP contribution in [0.4, 0.5) is 4.39 Å². The number of sulfonamides is 1. The number of nitrogens with two attached hydrogens (primary N) is 1. The molecule has 0 saturated carbocycles. The standard InChI is InChI=1S/C28H35FN4O3S/c29-24-6-4-20(5-7-24)22-16-23(18-27(30)34)28-25(17-22)26(19-31-28)21-8-13-33(14-9-21)37(35,36)15-3-12-32-10-1-2-11-32/h4-7,16-17,19,21,31H,1-3,8-15,18H2,(H2,30,34). The Kier molecular flexibility index (Phi) is 7.65. The Balaban J connectivity index is 1.33. The Hall–Kier alpha value is -2.75. The van der Waals surface area contributed by atoms with Crippen LogP contribution in [-0.2, 0) is 21.2 Å². The summed E-state index contributed by atoms with van der Waals surface area (Å²) in [5.41, 5.74) is 10.1. The molecule has 0 bridgehead atoms. The fraction of sp³-hybridized carbons (Fsp3) is 0.464. The molecular weight excluding hydrogens is 491 g/mol. The van der Waals surface area contributed by atoms with E-state index in [0.29, 0.717) is 19.5 Å². The number of likely N-dealkylation sites (tertiary alicyclic amines) is 1. The van der Waals surface area contributed by atoms with Gasteiger partial charge in [0.1, 0.15) is 5.82 Å².